The molecule has 1 aliphatic heterocycles. The van der Waals surface area contributed by atoms with Crippen LogP contribution in [-0.2, 0) is 4.79 Å². The number of nitrogens with one attached hydrogen (secondary N) is 1. The zero-order chi connectivity index (χ0) is 15.4. The van der Waals surface area contributed by atoms with Gasteiger partial charge >= 0.3 is 0 Å². The first-order valence-electron chi connectivity index (χ1n) is 7.06. The maximum atomic E-state index is 12.2. The molecule has 3 heterocycles. The van der Waals surface area contributed by atoms with Gasteiger partial charge in [0.2, 0.25) is 11.0 Å². The van der Waals surface area contributed by atoms with Crippen LogP contribution < -0.4 is 10.2 Å². The van der Waals surface area contributed by atoms with E-state index in [1.165, 1.54) is 11.3 Å². The van der Waals surface area contributed by atoms with Crippen molar-refractivity contribution in [2.75, 3.05) is 36.4 Å². The maximum absolute atomic E-state index is 12.2. The first kappa shape index (κ1) is 14.8. The molecule has 1 aliphatic rings. The molecule has 0 aromatic carbocycles. The Morgan fingerprint density at radius 3 is 2.77 bits per heavy atom. The zero-order valence-corrected chi connectivity index (χ0v) is 13.0. The van der Waals surface area contributed by atoms with Gasteiger partial charge in [-0.15, -0.1) is 10.2 Å². The molecule has 1 saturated heterocycles. The molecule has 0 radical (unpaired) electrons. The van der Waals surface area contributed by atoms with Crippen molar-refractivity contribution in [2.24, 2.45) is 0 Å². The normalized spacial score (nSPS) is 17.2. The predicted molar refractivity (Wildman–Crippen MR) is 83.8 cm³/mol. The van der Waals surface area contributed by atoms with Gasteiger partial charge in [-0.2, -0.15) is 0 Å². The number of amides is 1. The van der Waals surface area contributed by atoms with Crippen molar-refractivity contribution < 1.29 is 4.79 Å². The first-order valence-corrected chi connectivity index (χ1v) is 7.94. The molecular formula is C13H17N7OS. The molecule has 22 heavy (non-hydrogen) atoms. The SMILES string of the molecule is CC(C(=O)Nc1nncs1)N1CCN(c2cnccn2)CC1. The second kappa shape index (κ2) is 6.75. The molecule has 0 saturated carbocycles. The second-order valence-electron chi connectivity index (χ2n) is 5.00. The molecule has 0 spiro atoms. The van der Waals surface area contributed by atoms with E-state index < -0.39 is 0 Å². The van der Waals surface area contributed by atoms with E-state index in [1.807, 2.05) is 6.92 Å². The number of piperazine rings is 1. The number of nitrogens with zero attached hydrogens (tertiary/aromatic N) is 6. The summed E-state index contributed by atoms with van der Waals surface area (Å²) in [5.41, 5.74) is 1.60. The molecule has 2 aromatic rings. The average Bonchev–Trinajstić information content (AvgIpc) is 3.08. The first-order chi connectivity index (χ1) is 10.7. The number of carbonyl (C=O) groups excluding carboxylic acids is 1. The highest BCUT2D eigenvalue weighted by molar-refractivity contribution is 7.13. The lowest BCUT2D eigenvalue weighted by Gasteiger charge is -2.37. The highest BCUT2D eigenvalue weighted by Crippen LogP contribution is 2.15. The number of anilines is 2. The molecule has 1 amide bonds. The van der Waals surface area contributed by atoms with E-state index in [2.05, 4.69) is 35.3 Å². The van der Waals surface area contributed by atoms with Gasteiger partial charge in [0.25, 0.3) is 0 Å². The van der Waals surface area contributed by atoms with Gasteiger partial charge in [0.15, 0.2) is 0 Å². The van der Waals surface area contributed by atoms with Crippen LogP contribution >= 0.6 is 11.3 Å². The summed E-state index contributed by atoms with van der Waals surface area (Å²) < 4.78 is 0. The minimum absolute atomic E-state index is 0.0512. The molecule has 9 heteroatoms. The Labute approximate surface area is 132 Å². The summed E-state index contributed by atoms with van der Waals surface area (Å²) in [5.74, 6) is 0.831. The van der Waals surface area contributed by atoms with Crippen LogP contribution in [0.15, 0.2) is 24.1 Å². The quantitative estimate of drug-likeness (QED) is 0.877. The van der Waals surface area contributed by atoms with Gasteiger partial charge in [0.05, 0.1) is 12.2 Å². The molecular weight excluding hydrogens is 302 g/mol. The van der Waals surface area contributed by atoms with Gasteiger partial charge < -0.3 is 4.90 Å². The Morgan fingerprint density at radius 1 is 1.32 bits per heavy atom. The summed E-state index contributed by atoms with van der Waals surface area (Å²) in [7, 11) is 0. The van der Waals surface area contributed by atoms with Crippen molar-refractivity contribution in [3.63, 3.8) is 0 Å². The van der Waals surface area contributed by atoms with E-state index in [0.717, 1.165) is 32.0 Å². The lowest BCUT2D eigenvalue weighted by atomic mass is 10.2. The summed E-state index contributed by atoms with van der Waals surface area (Å²) in [6, 6.07) is -0.201. The van der Waals surface area contributed by atoms with Crippen molar-refractivity contribution in [2.45, 2.75) is 13.0 Å². The minimum Gasteiger partial charge on any atom is -0.353 e. The van der Waals surface area contributed by atoms with E-state index in [1.54, 1.807) is 24.1 Å². The predicted octanol–water partition coefficient (Wildman–Crippen LogP) is 0.477. The highest BCUT2D eigenvalue weighted by Gasteiger charge is 2.26. The molecule has 1 fully saturated rings. The van der Waals surface area contributed by atoms with Crippen LogP contribution in [0.2, 0.25) is 0 Å². The van der Waals surface area contributed by atoms with Gasteiger partial charge in [0.1, 0.15) is 11.3 Å². The molecule has 2 aromatic heterocycles. The Kier molecular flexibility index (Phi) is 4.54. The van der Waals surface area contributed by atoms with Crippen LogP contribution in [0.3, 0.4) is 0 Å². The van der Waals surface area contributed by atoms with Gasteiger partial charge in [-0.05, 0) is 6.92 Å². The number of aromatic nitrogens is 4. The molecule has 116 valence electrons. The Bertz CT molecular complexity index is 598. The van der Waals surface area contributed by atoms with E-state index in [9.17, 15) is 4.79 Å². The van der Waals surface area contributed by atoms with Crippen molar-refractivity contribution in [1.82, 2.24) is 25.1 Å². The Balaban J connectivity index is 1.53. The highest BCUT2D eigenvalue weighted by atomic mass is 32.1. The molecule has 8 nitrogen and oxygen atoms in total. The van der Waals surface area contributed by atoms with Crippen LogP contribution in [0.1, 0.15) is 6.92 Å². The van der Waals surface area contributed by atoms with Crippen molar-refractivity contribution in [3.8, 4) is 0 Å². The summed E-state index contributed by atoms with van der Waals surface area (Å²) in [5, 5.41) is 10.9. The number of rotatable bonds is 4. The fourth-order valence-corrected chi connectivity index (χ4v) is 2.84. The van der Waals surface area contributed by atoms with Crippen LogP contribution in [0.5, 0.6) is 0 Å². The third-order valence-corrected chi connectivity index (χ3v) is 4.31. The van der Waals surface area contributed by atoms with Gasteiger partial charge in [-0.25, -0.2) is 4.98 Å². The fraction of sp³-hybridized carbons (Fsp3) is 0.462. The van der Waals surface area contributed by atoms with E-state index in [-0.39, 0.29) is 11.9 Å². The van der Waals surface area contributed by atoms with Crippen LogP contribution in [0, 0.1) is 0 Å². The average molecular weight is 319 g/mol. The minimum atomic E-state index is -0.201. The topological polar surface area (TPSA) is 87.1 Å². The summed E-state index contributed by atoms with van der Waals surface area (Å²) in [4.78, 5) is 24.9. The van der Waals surface area contributed by atoms with Gasteiger partial charge in [-0.1, -0.05) is 11.3 Å². The second-order valence-corrected chi connectivity index (χ2v) is 5.83. The van der Waals surface area contributed by atoms with Gasteiger partial charge in [0, 0.05) is 38.6 Å². The van der Waals surface area contributed by atoms with E-state index >= 15 is 0 Å². The summed E-state index contributed by atoms with van der Waals surface area (Å²) in [6.07, 6.45) is 5.13. The third-order valence-electron chi connectivity index (χ3n) is 3.71. The Hall–Kier alpha value is -2.13. The third kappa shape index (κ3) is 3.37. The van der Waals surface area contributed by atoms with Gasteiger partial charge in [-0.3, -0.25) is 20.0 Å². The lowest BCUT2D eigenvalue weighted by Crippen LogP contribution is -2.53. The van der Waals surface area contributed by atoms with Crippen LogP contribution in [0.4, 0.5) is 10.9 Å². The zero-order valence-electron chi connectivity index (χ0n) is 12.2. The monoisotopic (exact) mass is 319 g/mol. The lowest BCUT2D eigenvalue weighted by molar-refractivity contribution is -0.120. The van der Waals surface area contributed by atoms with Crippen molar-refractivity contribution in [3.05, 3.63) is 24.1 Å². The number of hydrogen-bond donors (Lipinski definition) is 1. The molecule has 0 aliphatic carbocycles. The Morgan fingerprint density at radius 2 is 2.14 bits per heavy atom. The molecule has 3 rings (SSSR count). The van der Waals surface area contributed by atoms with Crippen molar-refractivity contribution >= 4 is 28.2 Å². The molecule has 1 N–H and O–H groups in total. The van der Waals surface area contributed by atoms with Crippen LogP contribution in [0.25, 0.3) is 0 Å². The largest absolute Gasteiger partial charge is 0.353 e. The van der Waals surface area contributed by atoms with E-state index in [0.29, 0.717) is 5.13 Å². The fourth-order valence-electron chi connectivity index (χ4n) is 2.40. The number of hydrogen-bond acceptors (Lipinski definition) is 8. The molecule has 0 bridgehead atoms. The summed E-state index contributed by atoms with van der Waals surface area (Å²) >= 11 is 1.32. The standard InChI is InChI=1S/C13H17N7OS/c1-10(12(21)17-13-18-16-9-22-13)19-4-6-20(7-5-19)11-8-14-2-3-15-11/h2-3,8-10H,4-7H2,1H3,(H,17,18,21). The van der Waals surface area contributed by atoms with Crippen LogP contribution in [-0.4, -0.2) is 63.2 Å². The van der Waals surface area contributed by atoms with E-state index in [4.69, 9.17) is 0 Å². The maximum Gasteiger partial charge on any atom is 0.243 e. The molecule has 1 atom stereocenters. The summed E-state index contributed by atoms with van der Waals surface area (Å²) in [6.45, 7) is 5.18. The molecule has 1 unspecified atom stereocenters. The van der Waals surface area contributed by atoms with Crippen molar-refractivity contribution in [1.29, 1.82) is 0 Å². The smallest absolute Gasteiger partial charge is 0.243 e. The number of carbonyl (C=O) groups is 1.